The summed E-state index contributed by atoms with van der Waals surface area (Å²) in [5.41, 5.74) is 5.91. The minimum atomic E-state index is -0.299. The molecule has 1 saturated carbocycles. The van der Waals surface area contributed by atoms with Gasteiger partial charge in [-0.15, -0.1) is 0 Å². The molecule has 0 N–H and O–H groups in total. The van der Waals surface area contributed by atoms with Gasteiger partial charge in [-0.3, -0.25) is 0 Å². The van der Waals surface area contributed by atoms with E-state index in [9.17, 15) is 4.79 Å². The van der Waals surface area contributed by atoms with Gasteiger partial charge in [0.2, 0.25) is 0 Å². The van der Waals surface area contributed by atoms with Crippen LogP contribution in [0.15, 0.2) is 54.6 Å². The van der Waals surface area contributed by atoms with E-state index in [2.05, 4.69) is 48.7 Å². The second kappa shape index (κ2) is 9.42. The summed E-state index contributed by atoms with van der Waals surface area (Å²) in [5.74, 6) is 1.27. The van der Waals surface area contributed by atoms with E-state index in [0.29, 0.717) is 18.1 Å². The van der Waals surface area contributed by atoms with Crippen LogP contribution in [0, 0.1) is 19.8 Å². The van der Waals surface area contributed by atoms with Gasteiger partial charge in [0.1, 0.15) is 5.75 Å². The number of benzene rings is 2. The van der Waals surface area contributed by atoms with Crippen LogP contribution in [0.3, 0.4) is 0 Å². The predicted octanol–water partition coefficient (Wildman–Crippen LogP) is 6.51. The molecule has 4 nitrogen and oxygen atoms in total. The molecular formula is C27H31NO3. The molecule has 3 aromatic rings. The molecule has 0 unspecified atom stereocenters. The Morgan fingerprint density at radius 1 is 1.03 bits per heavy atom. The molecule has 0 radical (unpaired) electrons. The maximum atomic E-state index is 12.3. The molecule has 4 heteroatoms. The van der Waals surface area contributed by atoms with Gasteiger partial charge in [0.25, 0.3) is 0 Å². The van der Waals surface area contributed by atoms with Crippen molar-refractivity contribution in [1.29, 1.82) is 0 Å². The Bertz CT molecular complexity index is 1060. The Morgan fingerprint density at radius 2 is 1.84 bits per heavy atom. The lowest BCUT2D eigenvalue weighted by Crippen LogP contribution is -2.09. The molecule has 0 amide bonds. The van der Waals surface area contributed by atoms with Gasteiger partial charge in [-0.1, -0.05) is 30.5 Å². The van der Waals surface area contributed by atoms with Gasteiger partial charge in [0, 0.05) is 16.9 Å². The van der Waals surface area contributed by atoms with Gasteiger partial charge in [-0.05, 0) is 82.0 Å². The van der Waals surface area contributed by atoms with Crippen LogP contribution >= 0.6 is 0 Å². The average Bonchev–Trinajstić information content (AvgIpc) is 3.42. The summed E-state index contributed by atoms with van der Waals surface area (Å²) >= 11 is 0. The third kappa shape index (κ3) is 4.68. The zero-order valence-electron chi connectivity index (χ0n) is 18.7. The molecule has 1 aliphatic carbocycles. The fourth-order valence-corrected chi connectivity index (χ4v) is 4.43. The highest BCUT2D eigenvalue weighted by molar-refractivity contribution is 5.90. The highest BCUT2D eigenvalue weighted by Gasteiger charge is 2.19. The van der Waals surface area contributed by atoms with Crippen LogP contribution in [-0.4, -0.2) is 23.8 Å². The summed E-state index contributed by atoms with van der Waals surface area (Å²) in [5, 5.41) is 0. The number of hydrogen-bond acceptors (Lipinski definition) is 3. The van der Waals surface area contributed by atoms with Crippen molar-refractivity contribution in [3.63, 3.8) is 0 Å². The Kier molecular flexibility index (Phi) is 6.45. The quantitative estimate of drug-likeness (QED) is 0.412. The lowest BCUT2D eigenvalue weighted by molar-refractivity contribution is 0.0526. The first-order valence-corrected chi connectivity index (χ1v) is 11.3. The van der Waals surface area contributed by atoms with Crippen molar-refractivity contribution in [2.24, 2.45) is 5.92 Å². The van der Waals surface area contributed by atoms with Gasteiger partial charge < -0.3 is 14.0 Å². The highest BCUT2D eigenvalue weighted by Crippen LogP contribution is 2.35. The van der Waals surface area contributed by atoms with E-state index in [1.165, 1.54) is 31.2 Å². The van der Waals surface area contributed by atoms with Crippen LogP contribution in [0.5, 0.6) is 5.75 Å². The minimum absolute atomic E-state index is 0.299. The van der Waals surface area contributed by atoms with Crippen molar-refractivity contribution in [2.45, 2.75) is 46.5 Å². The van der Waals surface area contributed by atoms with Crippen LogP contribution in [0.25, 0.3) is 16.9 Å². The first-order chi connectivity index (χ1) is 15.1. The summed E-state index contributed by atoms with van der Waals surface area (Å²) in [6, 6.07) is 18.2. The third-order valence-corrected chi connectivity index (χ3v) is 6.05. The molecule has 2 aromatic carbocycles. The van der Waals surface area contributed by atoms with Gasteiger partial charge in [0.05, 0.1) is 24.5 Å². The standard InChI is InChI=1S/C27H31NO3/c1-4-30-27(29)22-10-7-11-23(17-22)28-20(3)13-14-25(28)24-16-19(2)12-15-26(24)31-18-21-8-5-6-9-21/h7,10-17,21H,4-6,8-9,18H2,1-3H3. The lowest BCUT2D eigenvalue weighted by Gasteiger charge is -2.18. The number of carbonyl (C=O) groups excluding carboxylic acids is 1. The molecule has 1 aromatic heterocycles. The number of hydrogen-bond donors (Lipinski definition) is 0. The van der Waals surface area contributed by atoms with Crippen molar-refractivity contribution in [3.05, 3.63) is 71.4 Å². The molecule has 1 fully saturated rings. The molecule has 1 heterocycles. The molecule has 0 bridgehead atoms. The fraction of sp³-hybridized carbons (Fsp3) is 0.370. The van der Waals surface area contributed by atoms with E-state index in [1.54, 1.807) is 6.07 Å². The normalized spacial score (nSPS) is 14.0. The van der Waals surface area contributed by atoms with Gasteiger partial charge in [-0.2, -0.15) is 0 Å². The van der Waals surface area contributed by atoms with E-state index in [0.717, 1.165) is 35.0 Å². The molecule has 0 spiro atoms. The van der Waals surface area contributed by atoms with E-state index < -0.39 is 0 Å². The zero-order chi connectivity index (χ0) is 21.8. The molecular weight excluding hydrogens is 386 g/mol. The summed E-state index contributed by atoms with van der Waals surface area (Å²) < 4.78 is 13.7. The highest BCUT2D eigenvalue weighted by atomic mass is 16.5. The topological polar surface area (TPSA) is 40.5 Å². The molecule has 31 heavy (non-hydrogen) atoms. The second-order valence-electron chi connectivity index (χ2n) is 8.43. The first-order valence-electron chi connectivity index (χ1n) is 11.3. The Hall–Kier alpha value is -3.01. The van der Waals surface area contributed by atoms with Crippen molar-refractivity contribution in [3.8, 4) is 22.7 Å². The van der Waals surface area contributed by atoms with Crippen molar-refractivity contribution < 1.29 is 14.3 Å². The van der Waals surface area contributed by atoms with Crippen molar-refractivity contribution in [2.75, 3.05) is 13.2 Å². The first kappa shape index (κ1) is 21.2. The van der Waals surface area contributed by atoms with Crippen molar-refractivity contribution in [1.82, 2.24) is 4.57 Å². The molecule has 4 rings (SSSR count). The maximum absolute atomic E-state index is 12.3. The molecule has 0 aliphatic heterocycles. The molecule has 0 saturated heterocycles. The largest absolute Gasteiger partial charge is 0.493 e. The Labute approximate surface area is 184 Å². The molecule has 1 aliphatic rings. The number of aryl methyl sites for hydroxylation is 2. The summed E-state index contributed by atoms with van der Waals surface area (Å²) in [6.45, 7) is 7.14. The van der Waals surface area contributed by atoms with Crippen LogP contribution in [-0.2, 0) is 4.74 Å². The van der Waals surface area contributed by atoms with E-state index >= 15 is 0 Å². The fourth-order valence-electron chi connectivity index (χ4n) is 4.43. The molecule has 162 valence electrons. The monoisotopic (exact) mass is 417 g/mol. The number of ether oxygens (including phenoxy) is 2. The van der Waals surface area contributed by atoms with E-state index in [4.69, 9.17) is 9.47 Å². The minimum Gasteiger partial charge on any atom is -0.493 e. The number of carbonyl (C=O) groups is 1. The predicted molar refractivity (Wildman–Crippen MR) is 124 cm³/mol. The van der Waals surface area contributed by atoms with Crippen LogP contribution in [0.1, 0.15) is 54.2 Å². The van der Waals surface area contributed by atoms with Crippen LogP contribution < -0.4 is 4.74 Å². The average molecular weight is 418 g/mol. The Morgan fingerprint density at radius 3 is 2.61 bits per heavy atom. The maximum Gasteiger partial charge on any atom is 0.338 e. The second-order valence-corrected chi connectivity index (χ2v) is 8.43. The van der Waals surface area contributed by atoms with Gasteiger partial charge in [0.15, 0.2) is 0 Å². The summed E-state index contributed by atoms with van der Waals surface area (Å²) in [6.07, 6.45) is 5.15. The third-order valence-electron chi connectivity index (χ3n) is 6.05. The number of aromatic nitrogens is 1. The molecule has 0 atom stereocenters. The number of nitrogens with zero attached hydrogens (tertiary/aromatic N) is 1. The lowest BCUT2D eigenvalue weighted by atomic mass is 10.1. The van der Waals surface area contributed by atoms with Gasteiger partial charge in [-0.25, -0.2) is 4.79 Å². The van der Waals surface area contributed by atoms with Crippen LogP contribution in [0.4, 0.5) is 0 Å². The summed E-state index contributed by atoms with van der Waals surface area (Å²) in [4.78, 5) is 12.3. The number of esters is 1. The smallest absolute Gasteiger partial charge is 0.338 e. The van der Waals surface area contributed by atoms with E-state index in [-0.39, 0.29) is 5.97 Å². The van der Waals surface area contributed by atoms with E-state index in [1.807, 2.05) is 25.1 Å². The van der Waals surface area contributed by atoms with Crippen LogP contribution in [0.2, 0.25) is 0 Å². The van der Waals surface area contributed by atoms with Gasteiger partial charge >= 0.3 is 5.97 Å². The van der Waals surface area contributed by atoms with Crippen molar-refractivity contribution >= 4 is 5.97 Å². The number of rotatable bonds is 7. The zero-order valence-corrected chi connectivity index (χ0v) is 18.7. The SMILES string of the molecule is CCOC(=O)c1cccc(-n2c(C)ccc2-c2cc(C)ccc2OCC2CCCC2)c1. The Balaban J connectivity index is 1.72. The summed E-state index contributed by atoms with van der Waals surface area (Å²) in [7, 11) is 0.